The third-order valence-electron chi connectivity index (χ3n) is 4.47. The minimum absolute atomic E-state index is 0.675. The number of rotatable bonds is 2. The highest BCUT2D eigenvalue weighted by Crippen LogP contribution is 2.16. The summed E-state index contributed by atoms with van der Waals surface area (Å²) < 4.78 is 0. The number of hydrogen-bond donors (Lipinski definition) is 0. The zero-order valence-electron chi connectivity index (χ0n) is 13.5. The zero-order chi connectivity index (χ0) is 13.9. The maximum atomic E-state index is 2.54. The predicted molar refractivity (Wildman–Crippen MR) is 80.0 cm³/mol. The lowest BCUT2D eigenvalue weighted by molar-refractivity contribution is 0.146. The average molecular weight is 255 g/mol. The Morgan fingerprint density at radius 1 is 0.722 bits per heavy atom. The van der Waals surface area contributed by atoms with Crippen LogP contribution >= 0.6 is 0 Å². The Morgan fingerprint density at radius 3 is 1.33 bits per heavy atom. The van der Waals surface area contributed by atoms with Crippen LogP contribution in [0.25, 0.3) is 0 Å². The van der Waals surface area contributed by atoms with Gasteiger partial charge in [0, 0.05) is 38.3 Å². The van der Waals surface area contributed by atoms with Crippen molar-refractivity contribution in [3.05, 3.63) is 0 Å². The minimum atomic E-state index is 0.675. The van der Waals surface area contributed by atoms with Gasteiger partial charge in [0.1, 0.15) is 0 Å². The first-order valence-corrected chi connectivity index (χ1v) is 7.42. The van der Waals surface area contributed by atoms with Gasteiger partial charge in [-0.15, -0.1) is 0 Å². The first-order chi connectivity index (χ1) is 8.32. The van der Waals surface area contributed by atoms with Crippen molar-refractivity contribution in [3.8, 4) is 0 Å². The number of nitrogens with zero attached hydrogens (tertiary/aromatic N) is 3. The highest BCUT2D eigenvalue weighted by molar-refractivity contribution is 4.83. The maximum Gasteiger partial charge on any atom is 0.0243 e. The summed E-state index contributed by atoms with van der Waals surface area (Å²) in [6.45, 7) is 14.1. The molecule has 0 aromatic rings. The van der Waals surface area contributed by atoms with Crippen LogP contribution < -0.4 is 0 Å². The summed E-state index contributed by atoms with van der Waals surface area (Å²) in [6, 6.07) is 1.35. The molecule has 0 N–H and O–H groups in total. The van der Waals surface area contributed by atoms with Gasteiger partial charge >= 0.3 is 0 Å². The van der Waals surface area contributed by atoms with Crippen LogP contribution in [0.3, 0.4) is 0 Å². The Morgan fingerprint density at radius 2 is 1.06 bits per heavy atom. The molecule has 1 rings (SSSR count). The SMILES string of the molecule is CC(C)[C@H]1CN(C)C[C@H](C(C)C)N(C)CCN1C. The molecule has 1 aliphatic rings. The fraction of sp³-hybridized carbons (Fsp3) is 1.00. The summed E-state index contributed by atoms with van der Waals surface area (Å²) in [5, 5.41) is 0. The lowest BCUT2D eigenvalue weighted by Crippen LogP contribution is -2.45. The smallest absolute Gasteiger partial charge is 0.0243 e. The lowest BCUT2D eigenvalue weighted by atomic mass is 10.0. The van der Waals surface area contributed by atoms with E-state index in [0.717, 1.165) is 11.8 Å². The second kappa shape index (κ2) is 6.88. The molecule has 0 amide bonds. The predicted octanol–water partition coefficient (Wildman–Crippen LogP) is 1.84. The molecule has 0 aromatic carbocycles. The van der Waals surface area contributed by atoms with Crippen LogP contribution in [0.1, 0.15) is 27.7 Å². The van der Waals surface area contributed by atoms with Gasteiger partial charge in [-0.25, -0.2) is 0 Å². The van der Waals surface area contributed by atoms with Crippen molar-refractivity contribution in [3.63, 3.8) is 0 Å². The quantitative estimate of drug-likeness (QED) is 0.745. The molecule has 0 spiro atoms. The summed E-state index contributed by atoms with van der Waals surface area (Å²) in [6.07, 6.45) is 0. The number of likely N-dealkylation sites (N-methyl/N-ethyl adjacent to an activating group) is 3. The van der Waals surface area contributed by atoms with Crippen LogP contribution in [0, 0.1) is 11.8 Å². The van der Waals surface area contributed by atoms with Crippen molar-refractivity contribution >= 4 is 0 Å². The van der Waals surface area contributed by atoms with Gasteiger partial charge in [-0.1, -0.05) is 27.7 Å². The normalized spacial score (nSPS) is 30.5. The van der Waals surface area contributed by atoms with Crippen LogP contribution in [0.4, 0.5) is 0 Å². The van der Waals surface area contributed by atoms with Gasteiger partial charge < -0.3 is 14.7 Å². The molecule has 3 nitrogen and oxygen atoms in total. The topological polar surface area (TPSA) is 9.72 Å². The van der Waals surface area contributed by atoms with Crippen molar-refractivity contribution in [2.24, 2.45) is 11.8 Å². The minimum Gasteiger partial charge on any atom is -0.303 e. The molecular formula is C15H33N3. The zero-order valence-corrected chi connectivity index (χ0v) is 13.5. The summed E-state index contributed by atoms with van der Waals surface area (Å²) in [5.74, 6) is 1.44. The monoisotopic (exact) mass is 255 g/mol. The average Bonchev–Trinajstić information content (AvgIpc) is 2.32. The highest BCUT2D eigenvalue weighted by Gasteiger charge is 2.27. The second-order valence-corrected chi connectivity index (χ2v) is 6.81. The molecule has 1 aliphatic heterocycles. The fourth-order valence-electron chi connectivity index (χ4n) is 3.08. The molecule has 2 atom stereocenters. The van der Waals surface area contributed by atoms with Crippen LogP contribution in [0.5, 0.6) is 0 Å². The largest absolute Gasteiger partial charge is 0.303 e. The molecule has 0 saturated carbocycles. The van der Waals surface area contributed by atoms with E-state index >= 15 is 0 Å². The summed E-state index contributed by atoms with van der Waals surface area (Å²) in [4.78, 5) is 7.61. The molecule has 108 valence electrons. The summed E-state index contributed by atoms with van der Waals surface area (Å²) in [5.41, 5.74) is 0. The van der Waals surface area contributed by atoms with Crippen molar-refractivity contribution in [2.45, 2.75) is 39.8 Å². The van der Waals surface area contributed by atoms with E-state index in [-0.39, 0.29) is 0 Å². The van der Waals surface area contributed by atoms with Crippen molar-refractivity contribution in [2.75, 3.05) is 47.3 Å². The molecule has 1 heterocycles. The standard InChI is InChI=1S/C15H33N3/c1-12(2)14-10-16(5)11-15(13(3)4)18(7)9-8-17(14)6/h12-15H,8-11H2,1-7H3/t14-,15-/m1/s1. The third-order valence-corrected chi connectivity index (χ3v) is 4.47. The highest BCUT2D eigenvalue weighted by atomic mass is 15.3. The van der Waals surface area contributed by atoms with E-state index in [1.165, 1.54) is 26.2 Å². The van der Waals surface area contributed by atoms with Gasteiger partial charge in [-0.2, -0.15) is 0 Å². The Bertz CT molecular complexity index is 216. The molecular weight excluding hydrogens is 222 g/mol. The summed E-state index contributed by atoms with van der Waals surface area (Å²) >= 11 is 0. The van der Waals surface area contributed by atoms with E-state index in [9.17, 15) is 0 Å². The van der Waals surface area contributed by atoms with Gasteiger partial charge in [0.25, 0.3) is 0 Å². The van der Waals surface area contributed by atoms with Crippen molar-refractivity contribution < 1.29 is 0 Å². The molecule has 0 aromatic heterocycles. The van der Waals surface area contributed by atoms with Crippen LogP contribution in [-0.4, -0.2) is 74.1 Å². The first kappa shape index (κ1) is 15.9. The maximum absolute atomic E-state index is 2.54. The Hall–Kier alpha value is -0.120. The van der Waals surface area contributed by atoms with E-state index in [0.29, 0.717) is 12.1 Å². The first-order valence-electron chi connectivity index (χ1n) is 7.42. The number of hydrogen-bond acceptors (Lipinski definition) is 3. The van der Waals surface area contributed by atoms with Crippen LogP contribution in [0.2, 0.25) is 0 Å². The van der Waals surface area contributed by atoms with Crippen LogP contribution in [-0.2, 0) is 0 Å². The van der Waals surface area contributed by atoms with Gasteiger partial charge in [0.15, 0.2) is 0 Å². The Kier molecular flexibility index (Phi) is 6.09. The van der Waals surface area contributed by atoms with E-state index in [4.69, 9.17) is 0 Å². The fourth-order valence-corrected chi connectivity index (χ4v) is 3.08. The Balaban J connectivity index is 2.79. The molecule has 0 unspecified atom stereocenters. The molecule has 1 saturated heterocycles. The Labute approximate surface area is 114 Å². The van der Waals surface area contributed by atoms with Gasteiger partial charge in [-0.05, 0) is 33.0 Å². The van der Waals surface area contributed by atoms with Crippen molar-refractivity contribution in [1.82, 2.24) is 14.7 Å². The van der Waals surface area contributed by atoms with E-state index < -0.39 is 0 Å². The molecule has 0 aliphatic carbocycles. The molecule has 1 fully saturated rings. The van der Waals surface area contributed by atoms with Crippen LogP contribution in [0.15, 0.2) is 0 Å². The second-order valence-electron chi connectivity index (χ2n) is 6.81. The molecule has 18 heavy (non-hydrogen) atoms. The van der Waals surface area contributed by atoms with E-state index in [2.05, 4.69) is 63.5 Å². The lowest BCUT2D eigenvalue weighted by Gasteiger charge is -2.34. The van der Waals surface area contributed by atoms with Gasteiger partial charge in [0.2, 0.25) is 0 Å². The third kappa shape index (κ3) is 4.22. The van der Waals surface area contributed by atoms with E-state index in [1.807, 2.05) is 0 Å². The van der Waals surface area contributed by atoms with Gasteiger partial charge in [0.05, 0.1) is 0 Å². The molecule has 0 radical (unpaired) electrons. The summed E-state index contributed by atoms with van der Waals surface area (Å²) in [7, 11) is 6.84. The van der Waals surface area contributed by atoms with Gasteiger partial charge in [-0.3, -0.25) is 0 Å². The molecule has 3 heteroatoms. The van der Waals surface area contributed by atoms with E-state index in [1.54, 1.807) is 0 Å². The van der Waals surface area contributed by atoms with Crippen molar-refractivity contribution in [1.29, 1.82) is 0 Å². The molecule has 0 bridgehead atoms.